The van der Waals surface area contributed by atoms with Crippen molar-refractivity contribution >= 4 is 17.6 Å². The number of aromatic nitrogens is 1. The van der Waals surface area contributed by atoms with Crippen molar-refractivity contribution in [1.29, 1.82) is 0 Å². The van der Waals surface area contributed by atoms with Gasteiger partial charge in [-0.1, -0.05) is 0 Å². The van der Waals surface area contributed by atoms with Crippen molar-refractivity contribution < 1.29 is 36.3 Å². The minimum absolute atomic E-state index is 0.0527. The number of carbonyl (C=O) groups excluding carboxylic acids is 2. The molecule has 1 aromatic carbocycles. The molecule has 3 rings (SSSR count). The second-order valence-corrected chi connectivity index (χ2v) is 6.36. The zero-order valence-corrected chi connectivity index (χ0v) is 15.3. The van der Waals surface area contributed by atoms with Crippen molar-refractivity contribution in [2.24, 2.45) is 0 Å². The fraction of sp³-hybridized carbons (Fsp3) is 0.278. The van der Waals surface area contributed by atoms with Gasteiger partial charge in [-0.25, -0.2) is 18.6 Å². The number of halogens is 5. The Bertz CT molecular complexity index is 942. The quantitative estimate of drug-likeness (QED) is 0.651. The molecule has 0 unspecified atom stereocenters. The summed E-state index contributed by atoms with van der Waals surface area (Å²) in [5.41, 5.74) is -1.62. The Morgan fingerprint density at radius 2 is 1.90 bits per heavy atom. The van der Waals surface area contributed by atoms with Crippen LogP contribution in [0.15, 0.2) is 30.5 Å². The Hall–Kier alpha value is -3.44. The van der Waals surface area contributed by atoms with E-state index in [1.807, 2.05) is 0 Å². The molecule has 30 heavy (non-hydrogen) atoms. The molecule has 1 fully saturated rings. The topological polar surface area (TPSA) is 92.4 Å². The van der Waals surface area contributed by atoms with Crippen LogP contribution in [-0.4, -0.2) is 36.6 Å². The predicted octanol–water partition coefficient (Wildman–Crippen LogP) is 2.79. The van der Waals surface area contributed by atoms with Crippen LogP contribution in [0.1, 0.15) is 17.2 Å². The summed E-state index contributed by atoms with van der Waals surface area (Å²) in [6, 6.07) is 1.27. The fourth-order valence-corrected chi connectivity index (χ4v) is 3.03. The van der Waals surface area contributed by atoms with Gasteiger partial charge >= 0.3 is 12.2 Å². The molecule has 2 heterocycles. The summed E-state index contributed by atoms with van der Waals surface area (Å²) < 4.78 is 71.2. The number of amides is 3. The summed E-state index contributed by atoms with van der Waals surface area (Å²) in [5, 5.41) is 6.91. The molecule has 12 heteroatoms. The van der Waals surface area contributed by atoms with Crippen LogP contribution in [-0.2, 0) is 11.0 Å². The van der Waals surface area contributed by atoms with Gasteiger partial charge in [0.15, 0.2) is 0 Å². The Kier molecular flexibility index (Phi) is 5.76. The van der Waals surface area contributed by atoms with Crippen molar-refractivity contribution in [3.05, 3.63) is 53.4 Å². The number of hydrogen-bond acceptors (Lipinski definition) is 4. The van der Waals surface area contributed by atoms with Gasteiger partial charge < -0.3 is 20.7 Å². The third-order valence-corrected chi connectivity index (χ3v) is 4.44. The van der Waals surface area contributed by atoms with E-state index >= 15 is 0 Å². The molecule has 1 aromatic heterocycles. The van der Waals surface area contributed by atoms with E-state index in [9.17, 15) is 31.5 Å². The summed E-state index contributed by atoms with van der Waals surface area (Å²) in [7, 11) is 1.24. The Morgan fingerprint density at radius 3 is 2.43 bits per heavy atom. The largest absolute Gasteiger partial charge is 0.497 e. The number of anilines is 1. The lowest BCUT2D eigenvalue weighted by molar-refractivity contribution is -0.141. The highest BCUT2D eigenvalue weighted by atomic mass is 19.4. The third kappa shape index (κ3) is 4.42. The summed E-state index contributed by atoms with van der Waals surface area (Å²) in [6.45, 7) is -0.133. The maximum absolute atomic E-state index is 14.4. The average Bonchev–Trinajstić information content (AvgIpc) is 3.01. The number of alkyl halides is 3. The molecule has 1 aliphatic rings. The Morgan fingerprint density at radius 1 is 1.23 bits per heavy atom. The van der Waals surface area contributed by atoms with Gasteiger partial charge in [0.05, 0.1) is 19.0 Å². The van der Waals surface area contributed by atoms with Gasteiger partial charge in [-0.3, -0.25) is 4.79 Å². The molecule has 3 N–H and O–H groups in total. The molecule has 0 saturated carbocycles. The van der Waals surface area contributed by atoms with E-state index in [1.165, 1.54) is 7.11 Å². The van der Waals surface area contributed by atoms with Crippen LogP contribution in [0.3, 0.4) is 0 Å². The minimum Gasteiger partial charge on any atom is -0.497 e. The second kappa shape index (κ2) is 8.13. The number of benzene rings is 1. The van der Waals surface area contributed by atoms with Crippen LogP contribution in [0, 0.1) is 11.6 Å². The van der Waals surface area contributed by atoms with E-state index in [1.54, 1.807) is 0 Å². The van der Waals surface area contributed by atoms with Gasteiger partial charge in [-0.2, -0.15) is 13.2 Å². The molecule has 0 radical (unpaired) electrons. The highest BCUT2D eigenvalue weighted by molar-refractivity contribution is 5.95. The molecule has 1 saturated heterocycles. The van der Waals surface area contributed by atoms with E-state index in [0.717, 1.165) is 24.4 Å². The van der Waals surface area contributed by atoms with Crippen LogP contribution >= 0.6 is 0 Å². The molecule has 0 bridgehead atoms. The summed E-state index contributed by atoms with van der Waals surface area (Å²) in [4.78, 5) is 27.5. The number of carbonyl (C=O) groups is 2. The highest BCUT2D eigenvalue weighted by Gasteiger charge is 2.40. The van der Waals surface area contributed by atoms with E-state index in [0.29, 0.717) is 6.07 Å². The highest BCUT2D eigenvalue weighted by Crippen LogP contribution is 2.31. The Labute approximate surface area is 166 Å². The van der Waals surface area contributed by atoms with E-state index in [4.69, 9.17) is 4.74 Å². The summed E-state index contributed by atoms with van der Waals surface area (Å²) in [6.07, 6.45) is -3.85. The monoisotopic (exact) mass is 430 g/mol. The predicted molar refractivity (Wildman–Crippen MR) is 93.8 cm³/mol. The molecular weight excluding hydrogens is 415 g/mol. The fourth-order valence-electron chi connectivity index (χ4n) is 3.03. The Balaban J connectivity index is 1.75. The number of nitrogens with one attached hydrogen (secondary N) is 3. The first-order chi connectivity index (χ1) is 14.1. The van der Waals surface area contributed by atoms with Crippen molar-refractivity contribution in [3.8, 4) is 5.75 Å². The van der Waals surface area contributed by atoms with Crippen LogP contribution in [0.4, 0.5) is 32.4 Å². The van der Waals surface area contributed by atoms with Gasteiger partial charge in [-0.15, -0.1) is 0 Å². The molecule has 1 aliphatic heterocycles. The normalized spacial score (nSPS) is 18.7. The maximum Gasteiger partial charge on any atom is 0.433 e. The maximum atomic E-state index is 14.4. The standard InChI is InChI=1S/C18H15F5N4O3/c1-30-9-4-11(19)14(12(20)5-9)10-7-25-16(28)15(10)27-17(29)26-8-2-3-13(24-6-8)18(21,22)23/h2-6,10,15H,7H2,1H3,(H,25,28)(H2,26,27,29)/t10-,15-/m0/s1. The first-order valence-electron chi connectivity index (χ1n) is 8.51. The molecule has 0 aliphatic carbocycles. The molecule has 2 atom stereocenters. The average molecular weight is 430 g/mol. The molecule has 3 amide bonds. The van der Waals surface area contributed by atoms with Crippen molar-refractivity contribution in [2.75, 3.05) is 19.0 Å². The number of pyridine rings is 1. The molecule has 160 valence electrons. The first-order valence-corrected chi connectivity index (χ1v) is 8.51. The first kappa shape index (κ1) is 21.3. The molecular formula is C18H15F5N4O3. The SMILES string of the molecule is COc1cc(F)c([C@@H]2CNC(=O)[C@H]2NC(=O)Nc2ccc(C(F)(F)F)nc2)c(F)c1. The van der Waals surface area contributed by atoms with Crippen LogP contribution in [0.5, 0.6) is 5.75 Å². The van der Waals surface area contributed by atoms with Gasteiger partial charge in [-0.05, 0) is 12.1 Å². The van der Waals surface area contributed by atoms with Gasteiger partial charge in [0.1, 0.15) is 29.1 Å². The van der Waals surface area contributed by atoms with Crippen molar-refractivity contribution in [1.82, 2.24) is 15.6 Å². The zero-order chi connectivity index (χ0) is 22.1. The molecule has 0 spiro atoms. The lowest BCUT2D eigenvalue weighted by atomic mass is 9.93. The summed E-state index contributed by atoms with van der Waals surface area (Å²) in [5.74, 6) is -3.68. The van der Waals surface area contributed by atoms with Crippen LogP contribution in [0.2, 0.25) is 0 Å². The van der Waals surface area contributed by atoms with E-state index < -0.39 is 53.0 Å². The summed E-state index contributed by atoms with van der Waals surface area (Å²) >= 11 is 0. The number of rotatable bonds is 4. The minimum atomic E-state index is -4.64. The lowest BCUT2D eigenvalue weighted by Gasteiger charge is -2.20. The lowest BCUT2D eigenvalue weighted by Crippen LogP contribution is -2.45. The van der Waals surface area contributed by atoms with E-state index in [-0.39, 0.29) is 18.0 Å². The molecule has 2 aromatic rings. The number of nitrogens with zero attached hydrogens (tertiary/aromatic N) is 1. The third-order valence-electron chi connectivity index (χ3n) is 4.44. The van der Waals surface area contributed by atoms with Gasteiger partial charge in [0, 0.05) is 30.2 Å². The second-order valence-electron chi connectivity index (χ2n) is 6.36. The molecule has 7 nitrogen and oxygen atoms in total. The smallest absolute Gasteiger partial charge is 0.433 e. The number of urea groups is 1. The van der Waals surface area contributed by atoms with Crippen molar-refractivity contribution in [3.63, 3.8) is 0 Å². The number of hydrogen-bond donors (Lipinski definition) is 3. The van der Waals surface area contributed by atoms with Gasteiger partial charge in [0.2, 0.25) is 5.91 Å². The number of ether oxygens (including phenoxy) is 1. The van der Waals surface area contributed by atoms with Crippen LogP contribution < -0.4 is 20.7 Å². The zero-order valence-electron chi connectivity index (χ0n) is 15.3. The van der Waals surface area contributed by atoms with E-state index in [2.05, 4.69) is 20.9 Å². The van der Waals surface area contributed by atoms with Gasteiger partial charge in [0.25, 0.3) is 0 Å². The number of methoxy groups -OCH3 is 1. The van der Waals surface area contributed by atoms with Crippen molar-refractivity contribution in [2.45, 2.75) is 18.1 Å². The van der Waals surface area contributed by atoms with Crippen LogP contribution in [0.25, 0.3) is 0 Å².